The molecule has 2 saturated heterocycles. The molecule has 3 N–H and O–H groups in total. The Kier molecular flexibility index (Phi) is 5.26. The highest BCUT2D eigenvalue weighted by Crippen LogP contribution is 2.36. The highest BCUT2D eigenvalue weighted by molar-refractivity contribution is 6.09. The molecule has 1 aromatic rings. The number of nitrogens with one attached hydrogen (secondary N) is 1. The Bertz CT molecular complexity index is 899. The molecule has 3 atom stereocenters. The summed E-state index contributed by atoms with van der Waals surface area (Å²) in [4.78, 5) is 53.3. The maximum Gasteiger partial charge on any atom is 0.325 e. The van der Waals surface area contributed by atoms with Gasteiger partial charge in [-0.25, -0.2) is 4.79 Å². The summed E-state index contributed by atoms with van der Waals surface area (Å²) in [6.45, 7) is 2.00. The number of piperidine rings is 1. The number of hydrogen-bond acceptors (Lipinski definition) is 4. The van der Waals surface area contributed by atoms with Gasteiger partial charge >= 0.3 is 6.03 Å². The van der Waals surface area contributed by atoms with Crippen LogP contribution >= 0.6 is 0 Å². The second-order valence-electron chi connectivity index (χ2n) is 8.73. The molecule has 1 saturated carbocycles. The molecule has 3 unspecified atom stereocenters. The van der Waals surface area contributed by atoms with Crippen molar-refractivity contribution in [3.8, 4) is 0 Å². The average molecular weight is 412 g/mol. The number of benzene rings is 1. The van der Waals surface area contributed by atoms with Crippen molar-refractivity contribution in [1.82, 2.24) is 15.1 Å². The summed E-state index contributed by atoms with van der Waals surface area (Å²) in [7, 11) is 0. The smallest absolute Gasteiger partial charge is 0.325 e. The zero-order chi connectivity index (χ0) is 21.5. The highest BCUT2D eigenvalue weighted by Gasteiger charge is 2.50. The molecule has 4 rings (SSSR count). The van der Waals surface area contributed by atoms with Crippen molar-refractivity contribution in [2.75, 3.05) is 13.1 Å². The van der Waals surface area contributed by atoms with Crippen molar-refractivity contribution in [2.24, 2.45) is 11.7 Å². The zero-order valence-corrected chi connectivity index (χ0v) is 17.2. The van der Waals surface area contributed by atoms with Crippen LogP contribution in [0.1, 0.15) is 61.4 Å². The van der Waals surface area contributed by atoms with E-state index in [1.807, 2.05) is 4.90 Å². The summed E-state index contributed by atoms with van der Waals surface area (Å²) in [5, 5.41) is 2.69. The standard InChI is InChI=1S/C22H28N4O4/c1-22(16-9-4-7-15(12-16)19(23)28)20(29)26(21(30)24-22)13-18(27)25-11-5-8-14-6-2-3-10-17(14)25/h4,7,9,12,14,17H,2-3,5-6,8,10-11,13H2,1H3,(H2,23,28)(H,24,30). The van der Waals surface area contributed by atoms with Crippen LogP contribution in [0.5, 0.6) is 0 Å². The van der Waals surface area contributed by atoms with Gasteiger partial charge in [-0.2, -0.15) is 0 Å². The maximum absolute atomic E-state index is 13.2. The Labute approximate surface area is 175 Å². The number of hydrogen-bond donors (Lipinski definition) is 2. The maximum atomic E-state index is 13.2. The highest BCUT2D eigenvalue weighted by atomic mass is 16.2. The molecule has 30 heavy (non-hydrogen) atoms. The van der Waals surface area contributed by atoms with Crippen LogP contribution in [0.2, 0.25) is 0 Å². The minimum absolute atomic E-state index is 0.176. The van der Waals surface area contributed by atoms with Gasteiger partial charge in [0.15, 0.2) is 0 Å². The van der Waals surface area contributed by atoms with E-state index in [2.05, 4.69) is 5.32 Å². The number of fused-ring (bicyclic) bond motifs is 1. The Balaban J connectivity index is 1.52. The predicted molar refractivity (Wildman–Crippen MR) is 109 cm³/mol. The van der Waals surface area contributed by atoms with Gasteiger partial charge in [-0.05, 0) is 56.2 Å². The molecule has 160 valence electrons. The number of amides is 5. The zero-order valence-electron chi connectivity index (χ0n) is 17.2. The van der Waals surface area contributed by atoms with Gasteiger partial charge in [-0.1, -0.05) is 25.0 Å². The lowest BCUT2D eigenvalue weighted by atomic mass is 9.78. The summed E-state index contributed by atoms with van der Waals surface area (Å²) >= 11 is 0. The van der Waals surface area contributed by atoms with E-state index in [9.17, 15) is 19.2 Å². The normalized spacial score (nSPS) is 28.8. The second-order valence-corrected chi connectivity index (χ2v) is 8.73. The molecule has 8 heteroatoms. The number of likely N-dealkylation sites (tertiary alicyclic amines) is 1. The van der Waals surface area contributed by atoms with E-state index >= 15 is 0 Å². The van der Waals surface area contributed by atoms with Crippen LogP contribution < -0.4 is 11.1 Å². The van der Waals surface area contributed by atoms with E-state index in [0.29, 0.717) is 18.0 Å². The van der Waals surface area contributed by atoms with Crippen LogP contribution in [0.4, 0.5) is 4.79 Å². The third-order valence-corrected chi connectivity index (χ3v) is 6.86. The van der Waals surface area contributed by atoms with Crippen LogP contribution in [0.3, 0.4) is 0 Å². The van der Waals surface area contributed by atoms with Crippen LogP contribution in [0, 0.1) is 5.92 Å². The largest absolute Gasteiger partial charge is 0.366 e. The number of primary amides is 1. The van der Waals surface area contributed by atoms with E-state index in [-0.39, 0.29) is 24.1 Å². The molecule has 3 fully saturated rings. The molecular weight excluding hydrogens is 384 g/mol. The molecule has 1 aliphatic carbocycles. The summed E-state index contributed by atoms with van der Waals surface area (Å²) in [5.41, 5.74) is 4.70. The molecule has 8 nitrogen and oxygen atoms in total. The molecule has 0 radical (unpaired) electrons. The predicted octanol–water partition coefficient (Wildman–Crippen LogP) is 1.73. The first kappa shape index (κ1) is 20.4. The Morgan fingerprint density at radius 3 is 2.67 bits per heavy atom. The number of urea groups is 1. The van der Waals surface area contributed by atoms with Gasteiger partial charge < -0.3 is 16.0 Å². The monoisotopic (exact) mass is 412 g/mol. The number of carbonyl (C=O) groups is 4. The van der Waals surface area contributed by atoms with Crippen LogP contribution in [0.15, 0.2) is 24.3 Å². The van der Waals surface area contributed by atoms with Crippen LogP contribution in [0.25, 0.3) is 0 Å². The number of nitrogens with two attached hydrogens (primary N) is 1. The third kappa shape index (κ3) is 3.44. The van der Waals surface area contributed by atoms with E-state index in [0.717, 1.165) is 37.0 Å². The van der Waals surface area contributed by atoms with Gasteiger partial charge in [0, 0.05) is 18.2 Å². The molecule has 5 amide bonds. The lowest BCUT2D eigenvalue weighted by Crippen LogP contribution is -2.53. The summed E-state index contributed by atoms with van der Waals surface area (Å²) in [5.74, 6) is -0.761. The first-order chi connectivity index (χ1) is 14.3. The van der Waals surface area contributed by atoms with Gasteiger partial charge in [-0.3, -0.25) is 19.3 Å². The quantitative estimate of drug-likeness (QED) is 0.733. The lowest BCUT2D eigenvalue weighted by Gasteiger charge is -2.44. The molecule has 2 aliphatic heterocycles. The van der Waals surface area contributed by atoms with Crippen molar-refractivity contribution in [2.45, 2.75) is 57.0 Å². The van der Waals surface area contributed by atoms with Gasteiger partial charge in [-0.15, -0.1) is 0 Å². The molecular formula is C22H28N4O4. The second kappa shape index (κ2) is 7.74. The van der Waals surface area contributed by atoms with Crippen LogP contribution in [-0.2, 0) is 15.1 Å². The Hall–Kier alpha value is -2.90. The fourth-order valence-corrected chi connectivity index (χ4v) is 5.18. The number of rotatable bonds is 4. The Morgan fingerprint density at radius 1 is 1.17 bits per heavy atom. The van der Waals surface area contributed by atoms with Crippen molar-refractivity contribution in [3.05, 3.63) is 35.4 Å². The summed E-state index contributed by atoms with van der Waals surface area (Å²) in [6.07, 6.45) is 6.57. The first-order valence-electron chi connectivity index (χ1n) is 10.6. The average Bonchev–Trinajstić information content (AvgIpc) is 2.97. The minimum Gasteiger partial charge on any atom is -0.366 e. The molecule has 1 aromatic carbocycles. The molecule has 0 aromatic heterocycles. The van der Waals surface area contributed by atoms with Gasteiger partial charge in [0.05, 0.1) is 0 Å². The molecule has 0 bridgehead atoms. The van der Waals surface area contributed by atoms with Crippen molar-refractivity contribution >= 4 is 23.8 Å². The van der Waals surface area contributed by atoms with Crippen LogP contribution in [-0.4, -0.2) is 52.7 Å². The van der Waals surface area contributed by atoms with E-state index in [1.165, 1.54) is 12.5 Å². The Morgan fingerprint density at radius 2 is 1.90 bits per heavy atom. The summed E-state index contributed by atoms with van der Waals surface area (Å²) < 4.78 is 0. The van der Waals surface area contributed by atoms with Gasteiger partial charge in [0.1, 0.15) is 12.1 Å². The van der Waals surface area contributed by atoms with E-state index < -0.39 is 23.4 Å². The SMILES string of the molecule is CC1(c2cccc(C(N)=O)c2)NC(=O)N(CC(=O)N2CCCC3CCCCC32)C1=O. The number of carbonyl (C=O) groups excluding carboxylic acids is 4. The topological polar surface area (TPSA) is 113 Å². The molecule has 2 heterocycles. The number of imide groups is 1. The van der Waals surface area contributed by atoms with Crippen molar-refractivity contribution in [1.29, 1.82) is 0 Å². The van der Waals surface area contributed by atoms with Gasteiger partial charge in [0.2, 0.25) is 11.8 Å². The third-order valence-electron chi connectivity index (χ3n) is 6.86. The number of nitrogens with zero attached hydrogens (tertiary/aromatic N) is 2. The minimum atomic E-state index is -1.35. The van der Waals surface area contributed by atoms with Crippen molar-refractivity contribution < 1.29 is 19.2 Å². The van der Waals surface area contributed by atoms with E-state index in [1.54, 1.807) is 25.1 Å². The van der Waals surface area contributed by atoms with E-state index in [4.69, 9.17) is 5.73 Å². The molecule has 0 spiro atoms. The van der Waals surface area contributed by atoms with Gasteiger partial charge in [0.25, 0.3) is 5.91 Å². The fraction of sp³-hybridized carbons (Fsp3) is 0.545. The first-order valence-corrected chi connectivity index (χ1v) is 10.6. The summed E-state index contributed by atoms with van der Waals surface area (Å²) in [6, 6.07) is 5.95. The lowest BCUT2D eigenvalue weighted by molar-refractivity contribution is -0.142. The fourth-order valence-electron chi connectivity index (χ4n) is 5.18. The molecule has 3 aliphatic rings. The van der Waals surface area contributed by atoms with Crippen molar-refractivity contribution in [3.63, 3.8) is 0 Å².